The minimum atomic E-state index is -1.33. The highest BCUT2D eigenvalue weighted by atomic mass is 16.5. The van der Waals surface area contributed by atoms with Crippen LogP contribution in [0.1, 0.15) is 44.1 Å². The second-order valence-electron chi connectivity index (χ2n) is 9.66. The van der Waals surface area contributed by atoms with Crippen molar-refractivity contribution in [3.8, 4) is 0 Å². The Labute approximate surface area is 211 Å². The maximum Gasteiger partial charge on any atom is 0.328 e. The van der Waals surface area contributed by atoms with Gasteiger partial charge in [-0.15, -0.1) is 0 Å². The minimum Gasteiger partial charge on any atom is -0.480 e. The third-order valence-electron chi connectivity index (χ3n) is 7.04. The number of carbonyl (C=O) groups is 4. The lowest BCUT2D eigenvalue weighted by molar-refractivity contribution is -0.145. The number of carboxylic acids is 1. The van der Waals surface area contributed by atoms with Crippen LogP contribution in [0.5, 0.6) is 0 Å². The Bertz CT molecular complexity index is 882. The average molecular weight is 503 g/mol. The largest absolute Gasteiger partial charge is 0.480 e. The molecule has 1 aromatic carbocycles. The summed E-state index contributed by atoms with van der Waals surface area (Å²) in [7, 11) is 0. The summed E-state index contributed by atoms with van der Waals surface area (Å²) in [4.78, 5) is 50.5. The van der Waals surface area contributed by atoms with Gasteiger partial charge < -0.3 is 31.1 Å². The zero-order valence-corrected chi connectivity index (χ0v) is 20.7. The Morgan fingerprint density at radius 2 is 1.83 bits per heavy atom. The van der Waals surface area contributed by atoms with Crippen LogP contribution in [0.25, 0.3) is 0 Å². The van der Waals surface area contributed by atoms with Crippen LogP contribution in [-0.4, -0.2) is 74.0 Å². The monoisotopic (exact) mass is 502 g/mol. The van der Waals surface area contributed by atoms with Crippen LogP contribution in [0.2, 0.25) is 0 Å². The Balaban J connectivity index is 1.51. The molecule has 5 N–H and O–H groups in total. The van der Waals surface area contributed by atoms with Crippen molar-refractivity contribution in [1.29, 1.82) is 0 Å². The van der Waals surface area contributed by atoms with Gasteiger partial charge in [0.1, 0.15) is 23.8 Å². The molecule has 0 aliphatic carbocycles. The predicted molar refractivity (Wildman–Crippen MR) is 133 cm³/mol. The molecular formula is C26H38N4O6. The van der Waals surface area contributed by atoms with Crippen LogP contribution >= 0.6 is 0 Å². The van der Waals surface area contributed by atoms with E-state index < -0.39 is 29.2 Å². The van der Waals surface area contributed by atoms with Gasteiger partial charge in [0.2, 0.25) is 11.8 Å². The standard InChI is InChI=1S/C26H38N4O6/c31-22(8-7-19-9-13-27-14-10-19)26(11-4-12-28-18-26)25(35)29-15-21(24(33)34)30-23(32)17-36-16-20-5-2-1-3-6-20/h1-3,5-6,19,21,27-28H,4,7-18H2,(H,29,35)(H,30,32)(H,33,34)/t21-,26+/m0/s1. The summed E-state index contributed by atoms with van der Waals surface area (Å²) in [6, 6.07) is 7.97. The molecule has 2 atom stereocenters. The lowest BCUT2D eigenvalue weighted by atomic mass is 9.73. The van der Waals surface area contributed by atoms with Gasteiger partial charge in [0.25, 0.3) is 0 Å². The van der Waals surface area contributed by atoms with Gasteiger partial charge in [-0.05, 0) is 63.2 Å². The van der Waals surface area contributed by atoms with Crippen molar-refractivity contribution >= 4 is 23.6 Å². The molecule has 0 spiro atoms. The van der Waals surface area contributed by atoms with Crippen LogP contribution < -0.4 is 21.3 Å². The van der Waals surface area contributed by atoms with Gasteiger partial charge in [-0.25, -0.2) is 4.79 Å². The van der Waals surface area contributed by atoms with Crippen molar-refractivity contribution in [3.63, 3.8) is 0 Å². The van der Waals surface area contributed by atoms with Crippen molar-refractivity contribution in [2.75, 3.05) is 39.3 Å². The molecule has 10 heteroatoms. The van der Waals surface area contributed by atoms with Gasteiger partial charge in [0.15, 0.2) is 0 Å². The number of benzene rings is 1. The first-order valence-corrected chi connectivity index (χ1v) is 12.8. The number of piperidine rings is 2. The van der Waals surface area contributed by atoms with Crippen LogP contribution in [-0.2, 0) is 30.5 Å². The summed E-state index contributed by atoms with van der Waals surface area (Å²) in [5.41, 5.74) is -0.319. The molecule has 2 saturated heterocycles. The third-order valence-corrected chi connectivity index (χ3v) is 7.04. The van der Waals surface area contributed by atoms with E-state index in [9.17, 15) is 24.3 Å². The van der Waals surface area contributed by atoms with Crippen LogP contribution in [0.3, 0.4) is 0 Å². The highest BCUT2D eigenvalue weighted by molar-refractivity contribution is 6.06. The molecule has 2 heterocycles. The number of Topliss-reactive ketones (excluding diaryl/α,β-unsaturated/α-hetero) is 1. The zero-order valence-electron chi connectivity index (χ0n) is 20.7. The van der Waals surface area contributed by atoms with Gasteiger partial charge in [0, 0.05) is 19.5 Å². The van der Waals surface area contributed by atoms with Crippen LogP contribution in [0, 0.1) is 11.3 Å². The summed E-state index contributed by atoms with van der Waals surface area (Å²) in [6.45, 7) is 2.46. The second-order valence-corrected chi connectivity index (χ2v) is 9.66. The maximum atomic E-state index is 13.3. The van der Waals surface area contributed by atoms with Crippen LogP contribution in [0.15, 0.2) is 30.3 Å². The van der Waals surface area contributed by atoms with E-state index in [1.54, 1.807) is 0 Å². The summed E-state index contributed by atoms with van der Waals surface area (Å²) < 4.78 is 5.36. The molecule has 198 valence electrons. The Morgan fingerprint density at radius 1 is 1.08 bits per heavy atom. The number of rotatable bonds is 13. The number of carboxylic acid groups (broad SMARTS) is 1. The van der Waals surface area contributed by atoms with E-state index in [0.29, 0.717) is 25.2 Å². The number of hydrogen-bond donors (Lipinski definition) is 5. The quantitative estimate of drug-likeness (QED) is 0.247. The van der Waals surface area contributed by atoms with Gasteiger partial charge in [-0.1, -0.05) is 30.3 Å². The molecule has 2 aliphatic heterocycles. The molecule has 2 aliphatic rings. The zero-order chi connectivity index (χ0) is 25.8. The fourth-order valence-electron chi connectivity index (χ4n) is 4.84. The Hall–Kier alpha value is -2.82. The Kier molecular flexibility index (Phi) is 10.8. The van der Waals surface area contributed by atoms with Crippen molar-refractivity contribution in [3.05, 3.63) is 35.9 Å². The van der Waals surface area contributed by atoms with Gasteiger partial charge >= 0.3 is 5.97 Å². The molecule has 0 radical (unpaired) electrons. The lowest BCUT2D eigenvalue weighted by Crippen LogP contribution is -2.58. The van der Waals surface area contributed by atoms with E-state index in [1.165, 1.54) is 0 Å². The molecule has 10 nitrogen and oxygen atoms in total. The molecule has 0 bridgehead atoms. The van der Waals surface area contributed by atoms with Crippen molar-refractivity contribution in [2.45, 2.75) is 51.2 Å². The maximum absolute atomic E-state index is 13.3. The van der Waals surface area contributed by atoms with E-state index in [1.807, 2.05) is 30.3 Å². The molecular weight excluding hydrogens is 464 g/mol. The number of ether oxygens (including phenoxy) is 1. The number of hydrogen-bond acceptors (Lipinski definition) is 7. The van der Waals surface area contributed by atoms with Crippen molar-refractivity contribution < 1.29 is 29.0 Å². The summed E-state index contributed by atoms with van der Waals surface area (Å²) >= 11 is 0. The van der Waals surface area contributed by atoms with Gasteiger partial charge in [0.05, 0.1) is 6.61 Å². The first-order valence-electron chi connectivity index (χ1n) is 12.8. The van der Waals surface area contributed by atoms with Crippen molar-refractivity contribution in [1.82, 2.24) is 21.3 Å². The van der Waals surface area contributed by atoms with Gasteiger partial charge in [-0.3, -0.25) is 14.4 Å². The number of amides is 2. The molecule has 36 heavy (non-hydrogen) atoms. The smallest absolute Gasteiger partial charge is 0.328 e. The molecule has 0 unspecified atom stereocenters. The van der Waals surface area contributed by atoms with Crippen molar-refractivity contribution in [2.24, 2.45) is 11.3 Å². The van der Waals surface area contributed by atoms with E-state index in [0.717, 1.165) is 44.5 Å². The predicted octanol–water partition coefficient (Wildman–Crippen LogP) is 0.608. The fourth-order valence-corrected chi connectivity index (χ4v) is 4.84. The number of ketones is 1. The topological polar surface area (TPSA) is 146 Å². The number of nitrogens with one attached hydrogen (secondary N) is 4. The Morgan fingerprint density at radius 3 is 2.50 bits per heavy atom. The van der Waals surface area contributed by atoms with Gasteiger partial charge in [-0.2, -0.15) is 0 Å². The summed E-state index contributed by atoms with van der Waals surface area (Å²) in [5.74, 6) is -1.98. The molecule has 2 amide bonds. The highest BCUT2D eigenvalue weighted by Crippen LogP contribution is 2.31. The first kappa shape index (κ1) is 27.8. The lowest BCUT2D eigenvalue weighted by Gasteiger charge is -2.35. The molecule has 3 rings (SSSR count). The summed E-state index contributed by atoms with van der Waals surface area (Å²) in [6.07, 6.45) is 4.25. The van der Waals surface area contributed by atoms with E-state index in [-0.39, 0.29) is 32.1 Å². The minimum absolute atomic E-state index is 0.101. The fraction of sp³-hybridized carbons (Fsp3) is 0.615. The molecule has 0 aromatic heterocycles. The first-order chi connectivity index (χ1) is 17.4. The average Bonchev–Trinajstić information content (AvgIpc) is 2.90. The summed E-state index contributed by atoms with van der Waals surface area (Å²) in [5, 5.41) is 21.1. The second kappa shape index (κ2) is 14.1. The highest BCUT2D eigenvalue weighted by Gasteiger charge is 2.46. The number of aliphatic carboxylic acids is 1. The van der Waals surface area contributed by atoms with Crippen LogP contribution in [0.4, 0.5) is 0 Å². The molecule has 2 fully saturated rings. The third kappa shape index (κ3) is 8.11. The van der Waals surface area contributed by atoms with E-state index in [4.69, 9.17) is 4.74 Å². The molecule has 0 saturated carbocycles. The molecule has 1 aromatic rings. The van der Waals surface area contributed by atoms with E-state index in [2.05, 4.69) is 21.3 Å². The SMILES string of the molecule is O=C(COCc1ccccc1)N[C@@H](CNC(=O)[C@]1(C(=O)CCC2CCNCC2)CCCNC1)C(=O)O. The number of carbonyl (C=O) groups excluding carboxylic acids is 3. The van der Waals surface area contributed by atoms with E-state index >= 15 is 0 Å². The normalized spacial score (nSPS) is 21.3.